The minimum absolute atomic E-state index is 0.391. The van der Waals surface area contributed by atoms with Crippen molar-refractivity contribution < 1.29 is 5.11 Å². The van der Waals surface area contributed by atoms with E-state index in [1.54, 1.807) is 6.07 Å². The zero-order valence-corrected chi connectivity index (χ0v) is 9.95. The molecule has 0 unspecified atom stereocenters. The molecule has 0 spiro atoms. The number of nitrogens with zero attached hydrogens (tertiary/aromatic N) is 1. The van der Waals surface area contributed by atoms with Gasteiger partial charge in [-0.1, -0.05) is 19.4 Å². The summed E-state index contributed by atoms with van der Waals surface area (Å²) in [6.45, 7) is 8.38. The lowest BCUT2D eigenvalue weighted by Crippen LogP contribution is -2.24. The monoisotopic (exact) mass is 207 g/mol. The fourth-order valence-corrected chi connectivity index (χ4v) is 1.75. The van der Waals surface area contributed by atoms with Gasteiger partial charge in [0, 0.05) is 24.3 Å². The molecular formula is C13H21NO. The van der Waals surface area contributed by atoms with E-state index in [0.717, 1.165) is 24.3 Å². The highest BCUT2D eigenvalue weighted by molar-refractivity contribution is 5.58. The van der Waals surface area contributed by atoms with Crippen LogP contribution in [0.1, 0.15) is 32.3 Å². The third kappa shape index (κ3) is 2.88. The van der Waals surface area contributed by atoms with Gasteiger partial charge in [0.05, 0.1) is 0 Å². The zero-order chi connectivity index (χ0) is 11.3. The highest BCUT2D eigenvalue weighted by atomic mass is 16.3. The SMILES string of the molecule is CCCCN(CC)c1cccc(O)c1C. The lowest BCUT2D eigenvalue weighted by Gasteiger charge is -2.25. The maximum absolute atomic E-state index is 9.64. The first-order chi connectivity index (χ1) is 7.20. The molecule has 15 heavy (non-hydrogen) atoms. The van der Waals surface area contributed by atoms with Crippen LogP contribution in [-0.4, -0.2) is 18.2 Å². The van der Waals surface area contributed by atoms with Gasteiger partial charge in [-0.05, 0) is 32.4 Å². The lowest BCUT2D eigenvalue weighted by atomic mass is 10.1. The van der Waals surface area contributed by atoms with Gasteiger partial charge < -0.3 is 10.0 Å². The second-order valence-corrected chi connectivity index (χ2v) is 3.85. The Labute approximate surface area is 92.5 Å². The van der Waals surface area contributed by atoms with Crippen LogP contribution in [0.3, 0.4) is 0 Å². The Morgan fingerprint density at radius 2 is 2.00 bits per heavy atom. The summed E-state index contributed by atoms with van der Waals surface area (Å²) in [6.07, 6.45) is 2.40. The number of phenolic OH excluding ortho intramolecular Hbond substituents is 1. The van der Waals surface area contributed by atoms with Crippen molar-refractivity contribution in [1.29, 1.82) is 0 Å². The molecule has 1 rings (SSSR count). The number of rotatable bonds is 5. The Kier molecular flexibility index (Phi) is 4.47. The maximum atomic E-state index is 9.64. The smallest absolute Gasteiger partial charge is 0.120 e. The summed E-state index contributed by atoms with van der Waals surface area (Å²) in [5.74, 6) is 0.391. The quantitative estimate of drug-likeness (QED) is 0.800. The number of anilines is 1. The van der Waals surface area contributed by atoms with Crippen LogP contribution in [0.15, 0.2) is 18.2 Å². The summed E-state index contributed by atoms with van der Waals surface area (Å²) in [5.41, 5.74) is 2.14. The Morgan fingerprint density at radius 1 is 1.27 bits per heavy atom. The number of aromatic hydroxyl groups is 1. The number of hydrogen-bond acceptors (Lipinski definition) is 2. The average Bonchev–Trinajstić information content (AvgIpc) is 2.25. The van der Waals surface area contributed by atoms with Crippen molar-refractivity contribution in [1.82, 2.24) is 0 Å². The Bertz CT molecular complexity index is 309. The van der Waals surface area contributed by atoms with Crippen LogP contribution in [-0.2, 0) is 0 Å². The summed E-state index contributed by atoms with van der Waals surface area (Å²) < 4.78 is 0. The van der Waals surface area contributed by atoms with Gasteiger partial charge >= 0.3 is 0 Å². The number of benzene rings is 1. The number of unbranched alkanes of at least 4 members (excludes halogenated alkanes) is 1. The standard InChI is InChI=1S/C13H21NO/c1-4-6-10-14(5-2)12-8-7-9-13(15)11(12)3/h7-9,15H,4-6,10H2,1-3H3. The molecule has 0 radical (unpaired) electrons. The van der Waals surface area contributed by atoms with E-state index < -0.39 is 0 Å². The topological polar surface area (TPSA) is 23.5 Å². The fourth-order valence-electron chi connectivity index (χ4n) is 1.75. The molecule has 0 aliphatic heterocycles. The summed E-state index contributed by atoms with van der Waals surface area (Å²) in [4.78, 5) is 2.32. The molecule has 1 N–H and O–H groups in total. The summed E-state index contributed by atoms with van der Waals surface area (Å²) in [5, 5.41) is 9.64. The third-order valence-corrected chi connectivity index (χ3v) is 2.78. The van der Waals surface area contributed by atoms with Crippen molar-refractivity contribution in [3.8, 4) is 5.75 Å². The first-order valence-electron chi connectivity index (χ1n) is 5.74. The molecule has 84 valence electrons. The van der Waals surface area contributed by atoms with Gasteiger partial charge in [0.25, 0.3) is 0 Å². The Balaban J connectivity index is 2.86. The molecule has 0 aliphatic rings. The number of hydrogen-bond donors (Lipinski definition) is 1. The maximum Gasteiger partial charge on any atom is 0.120 e. The Hall–Kier alpha value is -1.18. The molecule has 1 aromatic carbocycles. The molecule has 0 fully saturated rings. The molecule has 0 bridgehead atoms. The fraction of sp³-hybridized carbons (Fsp3) is 0.538. The molecule has 0 aliphatic carbocycles. The predicted octanol–water partition coefficient (Wildman–Crippen LogP) is 3.33. The first-order valence-corrected chi connectivity index (χ1v) is 5.74. The normalized spacial score (nSPS) is 10.3. The molecule has 0 saturated heterocycles. The van der Waals surface area contributed by atoms with Crippen LogP contribution in [0.5, 0.6) is 5.75 Å². The lowest BCUT2D eigenvalue weighted by molar-refractivity contribution is 0.471. The largest absolute Gasteiger partial charge is 0.508 e. The third-order valence-electron chi connectivity index (χ3n) is 2.78. The molecule has 2 nitrogen and oxygen atoms in total. The van der Waals surface area contributed by atoms with E-state index in [2.05, 4.69) is 24.8 Å². The van der Waals surface area contributed by atoms with Crippen LogP contribution in [0.4, 0.5) is 5.69 Å². The van der Waals surface area contributed by atoms with Crippen LogP contribution >= 0.6 is 0 Å². The molecule has 2 heteroatoms. The minimum Gasteiger partial charge on any atom is -0.508 e. The first kappa shape index (κ1) is 11.9. The van der Waals surface area contributed by atoms with Crippen molar-refractivity contribution in [2.45, 2.75) is 33.6 Å². The second-order valence-electron chi connectivity index (χ2n) is 3.85. The molecule has 0 aromatic heterocycles. The highest BCUT2D eigenvalue weighted by Gasteiger charge is 2.08. The second kappa shape index (κ2) is 5.64. The van der Waals surface area contributed by atoms with Crippen molar-refractivity contribution in [3.63, 3.8) is 0 Å². The van der Waals surface area contributed by atoms with E-state index in [1.165, 1.54) is 12.8 Å². The van der Waals surface area contributed by atoms with Crippen LogP contribution < -0.4 is 4.90 Å². The van der Waals surface area contributed by atoms with Gasteiger partial charge in [-0.15, -0.1) is 0 Å². The van der Waals surface area contributed by atoms with Crippen LogP contribution in [0.25, 0.3) is 0 Å². The number of phenols is 1. The highest BCUT2D eigenvalue weighted by Crippen LogP contribution is 2.27. The van der Waals surface area contributed by atoms with Gasteiger partial charge in [0.1, 0.15) is 5.75 Å². The van der Waals surface area contributed by atoms with E-state index in [1.807, 2.05) is 13.0 Å². The summed E-state index contributed by atoms with van der Waals surface area (Å²) in [7, 11) is 0. The molecule has 0 atom stereocenters. The molecular weight excluding hydrogens is 186 g/mol. The van der Waals surface area contributed by atoms with Gasteiger partial charge in [0.15, 0.2) is 0 Å². The van der Waals surface area contributed by atoms with E-state index in [4.69, 9.17) is 0 Å². The minimum atomic E-state index is 0.391. The average molecular weight is 207 g/mol. The Morgan fingerprint density at radius 3 is 2.60 bits per heavy atom. The van der Waals surface area contributed by atoms with Gasteiger partial charge in [-0.25, -0.2) is 0 Å². The van der Waals surface area contributed by atoms with Crippen molar-refractivity contribution in [2.75, 3.05) is 18.0 Å². The van der Waals surface area contributed by atoms with E-state index in [0.29, 0.717) is 5.75 Å². The van der Waals surface area contributed by atoms with Gasteiger partial charge in [-0.3, -0.25) is 0 Å². The zero-order valence-electron chi connectivity index (χ0n) is 9.95. The van der Waals surface area contributed by atoms with Crippen molar-refractivity contribution in [2.24, 2.45) is 0 Å². The summed E-state index contributed by atoms with van der Waals surface area (Å²) >= 11 is 0. The van der Waals surface area contributed by atoms with Crippen LogP contribution in [0.2, 0.25) is 0 Å². The molecule has 1 aromatic rings. The van der Waals surface area contributed by atoms with Gasteiger partial charge in [-0.2, -0.15) is 0 Å². The van der Waals surface area contributed by atoms with Crippen molar-refractivity contribution >= 4 is 5.69 Å². The van der Waals surface area contributed by atoms with Crippen molar-refractivity contribution in [3.05, 3.63) is 23.8 Å². The predicted molar refractivity (Wildman–Crippen MR) is 65.6 cm³/mol. The molecule has 0 amide bonds. The van der Waals surface area contributed by atoms with E-state index in [-0.39, 0.29) is 0 Å². The van der Waals surface area contributed by atoms with Crippen LogP contribution in [0, 0.1) is 6.92 Å². The molecule has 0 saturated carbocycles. The molecule has 0 heterocycles. The van der Waals surface area contributed by atoms with E-state index in [9.17, 15) is 5.11 Å². The summed E-state index contributed by atoms with van der Waals surface area (Å²) in [6, 6.07) is 5.73. The van der Waals surface area contributed by atoms with Gasteiger partial charge in [0.2, 0.25) is 0 Å². The van der Waals surface area contributed by atoms with E-state index >= 15 is 0 Å².